The first-order valence-corrected chi connectivity index (χ1v) is 6.20. The maximum Gasteiger partial charge on any atom is 0.242 e. The second kappa shape index (κ2) is 6.58. The van der Waals surface area contributed by atoms with Crippen molar-refractivity contribution < 1.29 is 4.79 Å². The lowest BCUT2D eigenvalue weighted by atomic mass is 10.2. The normalized spacial score (nSPS) is 12.4. The number of rotatable bonds is 6. The molecule has 1 heterocycles. The Bertz CT molecular complexity index is 285. The van der Waals surface area contributed by atoms with E-state index in [1.165, 1.54) is 11.3 Å². The fourth-order valence-corrected chi connectivity index (χ4v) is 2.02. The monoisotopic (exact) mass is 226 g/mol. The van der Waals surface area contributed by atoms with Gasteiger partial charge in [-0.15, -0.1) is 11.3 Å². The van der Waals surface area contributed by atoms with Crippen LogP contribution in [-0.2, 0) is 4.79 Å². The van der Waals surface area contributed by atoms with E-state index < -0.39 is 6.04 Å². The standard InChI is InChI=1S/C11H18N2OS/c1-2-3-4-7-13-11(14)10(12)9-6-5-8-15-9/h5-6,8,10H,2-4,7,12H2,1H3,(H,13,14). The van der Waals surface area contributed by atoms with E-state index in [0.717, 1.165) is 30.7 Å². The van der Waals surface area contributed by atoms with Crippen molar-refractivity contribution in [3.05, 3.63) is 22.4 Å². The van der Waals surface area contributed by atoms with Crippen LogP contribution in [0.3, 0.4) is 0 Å². The number of thiophene rings is 1. The Labute approximate surface area is 94.7 Å². The molecule has 3 nitrogen and oxygen atoms in total. The fourth-order valence-electron chi connectivity index (χ4n) is 1.29. The smallest absolute Gasteiger partial charge is 0.242 e. The zero-order valence-electron chi connectivity index (χ0n) is 9.03. The molecule has 0 aliphatic heterocycles. The summed E-state index contributed by atoms with van der Waals surface area (Å²) in [7, 11) is 0. The van der Waals surface area contributed by atoms with Gasteiger partial charge in [-0.05, 0) is 17.9 Å². The van der Waals surface area contributed by atoms with E-state index in [4.69, 9.17) is 5.73 Å². The van der Waals surface area contributed by atoms with E-state index in [2.05, 4.69) is 12.2 Å². The average Bonchev–Trinajstić information content (AvgIpc) is 2.76. The molecule has 0 aromatic carbocycles. The molecule has 0 aliphatic rings. The molecule has 1 aromatic heterocycles. The van der Waals surface area contributed by atoms with Crippen LogP contribution in [0.4, 0.5) is 0 Å². The third-order valence-electron chi connectivity index (χ3n) is 2.21. The Morgan fingerprint density at radius 1 is 1.60 bits per heavy atom. The van der Waals surface area contributed by atoms with Crippen molar-refractivity contribution >= 4 is 17.2 Å². The van der Waals surface area contributed by atoms with E-state index >= 15 is 0 Å². The summed E-state index contributed by atoms with van der Waals surface area (Å²) >= 11 is 1.52. The molecule has 1 aromatic rings. The van der Waals surface area contributed by atoms with Gasteiger partial charge in [-0.1, -0.05) is 25.8 Å². The minimum atomic E-state index is -0.508. The predicted octanol–water partition coefficient (Wildman–Crippen LogP) is 2.05. The summed E-state index contributed by atoms with van der Waals surface area (Å²) in [5.74, 6) is -0.0754. The van der Waals surface area contributed by atoms with Crippen LogP contribution in [0.2, 0.25) is 0 Å². The molecular formula is C11H18N2OS. The van der Waals surface area contributed by atoms with Crippen LogP contribution in [0.15, 0.2) is 17.5 Å². The maximum absolute atomic E-state index is 11.6. The Morgan fingerprint density at radius 3 is 3.00 bits per heavy atom. The Balaban J connectivity index is 2.28. The number of hydrogen-bond acceptors (Lipinski definition) is 3. The number of carbonyl (C=O) groups is 1. The van der Waals surface area contributed by atoms with Crippen molar-refractivity contribution in [3.63, 3.8) is 0 Å². The topological polar surface area (TPSA) is 55.1 Å². The Morgan fingerprint density at radius 2 is 2.40 bits per heavy atom. The highest BCUT2D eigenvalue weighted by Gasteiger charge is 2.15. The number of amides is 1. The zero-order valence-corrected chi connectivity index (χ0v) is 9.85. The number of unbranched alkanes of at least 4 members (excludes halogenated alkanes) is 2. The second-order valence-electron chi connectivity index (χ2n) is 3.49. The van der Waals surface area contributed by atoms with Gasteiger partial charge < -0.3 is 11.1 Å². The van der Waals surface area contributed by atoms with Crippen LogP contribution in [0.25, 0.3) is 0 Å². The van der Waals surface area contributed by atoms with Crippen molar-refractivity contribution in [1.82, 2.24) is 5.32 Å². The van der Waals surface area contributed by atoms with Gasteiger partial charge in [0.05, 0.1) is 0 Å². The molecular weight excluding hydrogens is 208 g/mol. The van der Waals surface area contributed by atoms with Crippen LogP contribution < -0.4 is 11.1 Å². The van der Waals surface area contributed by atoms with Crippen LogP contribution in [0.5, 0.6) is 0 Å². The van der Waals surface area contributed by atoms with E-state index in [0.29, 0.717) is 0 Å². The van der Waals surface area contributed by atoms with E-state index in [-0.39, 0.29) is 5.91 Å². The summed E-state index contributed by atoms with van der Waals surface area (Å²) in [6, 6.07) is 3.29. The van der Waals surface area contributed by atoms with Gasteiger partial charge >= 0.3 is 0 Å². The molecule has 0 aliphatic carbocycles. The summed E-state index contributed by atoms with van der Waals surface area (Å²) < 4.78 is 0. The van der Waals surface area contributed by atoms with Gasteiger partial charge in [-0.3, -0.25) is 4.79 Å². The lowest BCUT2D eigenvalue weighted by molar-refractivity contribution is -0.122. The van der Waals surface area contributed by atoms with Crippen LogP contribution >= 0.6 is 11.3 Å². The van der Waals surface area contributed by atoms with Gasteiger partial charge in [0.15, 0.2) is 0 Å². The lowest BCUT2D eigenvalue weighted by Gasteiger charge is -2.10. The SMILES string of the molecule is CCCCCNC(=O)C(N)c1cccs1. The molecule has 3 N–H and O–H groups in total. The molecule has 1 amide bonds. The summed E-state index contributed by atoms with van der Waals surface area (Å²) in [6.07, 6.45) is 3.33. The van der Waals surface area contributed by atoms with Crippen LogP contribution in [0, 0.1) is 0 Å². The Kier molecular flexibility index (Phi) is 5.36. The fraction of sp³-hybridized carbons (Fsp3) is 0.545. The summed E-state index contributed by atoms with van der Waals surface area (Å²) in [4.78, 5) is 12.5. The van der Waals surface area contributed by atoms with Gasteiger partial charge in [0.2, 0.25) is 5.91 Å². The molecule has 0 bridgehead atoms. The highest BCUT2D eigenvalue weighted by Crippen LogP contribution is 2.16. The molecule has 84 valence electrons. The maximum atomic E-state index is 11.6. The van der Waals surface area contributed by atoms with Crippen molar-refractivity contribution in [3.8, 4) is 0 Å². The first-order chi connectivity index (χ1) is 7.25. The van der Waals surface area contributed by atoms with Crippen LogP contribution in [-0.4, -0.2) is 12.5 Å². The Hall–Kier alpha value is -0.870. The van der Waals surface area contributed by atoms with E-state index in [1.807, 2.05) is 17.5 Å². The number of hydrogen-bond donors (Lipinski definition) is 2. The van der Waals surface area contributed by atoms with Gasteiger partial charge in [0.1, 0.15) is 6.04 Å². The molecule has 0 spiro atoms. The zero-order chi connectivity index (χ0) is 11.1. The van der Waals surface area contributed by atoms with Crippen LogP contribution in [0.1, 0.15) is 37.1 Å². The third kappa shape index (κ3) is 4.01. The highest BCUT2D eigenvalue weighted by atomic mass is 32.1. The van der Waals surface area contributed by atoms with E-state index in [1.54, 1.807) is 0 Å². The molecule has 15 heavy (non-hydrogen) atoms. The third-order valence-corrected chi connectivity index (χ3v) is 3.17. The minimum absolute atomic E-state index is 0.0754. The summed E-state index contributed by atoms with van der Waals surface area (Å²) in [5.41, 5.74) is 5.80. The quantitative estimate of drug-likeness (QED) is 0.729. The van der Waals surface area contributed by atoms with Gasteiger partial charge in [0.25, 0.3) is 0 Å². The van der Waals surface area contributed by atoms with Gasteiger partial charge in [0, 0.05) is 11.4 Å². The number of nitrogens with one attached hydrogen (secondary N) is 1. The first-order valence-electron chi connectivity index (χ1n) is 5.32. The van der Waals surface area contributed by atoms with Gasteiger partial charge in [-0.25, -0.2) is 0 Å². The molecule has 0 radical (unpaired) electrons. The van der Waals surface area contributed by atoms with Crippen molar-refractivity contribution in [2.45, 2.75) is 32.2 Å². The molecule has 0 saturated carbocycles. The summed E-state index contributed by atoms with van der Waals surface area (Å²) in [6.45, 7) is 2.87. The molecule has 1 rings (SSSR count). The molecule has 1 atom stereocenters. The van der Waals surface area contributed by atoms with Gasteiger partial charge in [-0.2, -0.15) is 0 Å². The van der Waals surface area contributed by atoms with Crippen molar-refractivity contribution in [2.24, 2.45) is 5.73 Å². The predicted molar refractivity (Wildman–Crippen MR) is 63.8 cm³/mol. The second-order valence-corrected chi connectivity index (χ2v) is 4.47. The first kappa shape index (κ1) is 12.2. The minimum Gasteiger partial charge on any atom is -0.354 e. The molecule has 1 unspecified atom stereocenters. The largest absolute Gasteiger partial charge is 0.354 e. The number of carbonyl (C=O) groups excluding carboxylic acids is 1. The lowest BCUT2D eigenvalue weighted by Crippen LogP contribution is -2.34. The molecule has 0 fully saturated rings. The van der Waals surface area contributed by atoms with Crippen molar-refractivity contribution in [2.75, 3.05) is 6.54 Å². The van der Waals surface area contributed by atoms with E-state index in [9.17, 15) is 4.79 Å². The number of nitrogens with two attached hydrogens (primary N) is 1. The molecule has 0 saturated heterocycles. The average molecular weight is 226 g/mol. The summed E-state index contributed by atoms with van der Waals surface area (Å²) in [5, 5.41) is 4.78. The highest BCUT2D eigenvalue weighted by molar-refractivity contribution is 7.10. The molecule has 4 heteroatoms. The van der Waals surface area contributed by atoms with Crippen molar-refractivity contribution in [1.29, 1.82) is 0 Å².